The molecule has 0 aliphatic rings. The van der Waals surface area contributed by atoms with Crippen LogP contribution in [0, 0.1) is 24.1 Å². The molecule has 2 aromatic heterocycles. The maximum atomic E-state index is 13.8. The first-order chi connectivity index (χ1) is 17.0. The molecular formula is C24H16F4N6O2. The molecule has 0 unspecified atom stereocenters. The first-order valence-corrected chi connectivity index (χ1v) is 10.3. The smallest absolute Gasteiger partial charge is 0.364 e. The number of alkyl halides is 3. The third kappa shape index (κ3) is 4.72. The van der Waals surface area contributed by atoms with Gasteiger partial charge in [0.2, 0.25) is 0 Å². The van der Waals surface area contributed by atoms with Crippen LogP contribution in [0.15, 0.2) is 48.5 Å². The highest BCUT2D eigenvalue weighted by Crippen LogP contribution is 2.36. The van der Waals surface area contributed by atoms with Crippen LogP contribution in [0.1, 0.15) is 43.4 Å². The van der Waals surface area contributed by atoms with Gasteiger partial charge in [0.25, 0.3) is 11.8 Å². The molecule has 36 heavy (non-hydrogen) atoms. The van der Waals surface area contributed by atoms with E-state index in [1.807, 2.05) is 6.07 Å². The van der Waals surface area contributed by atoms with Crippen LogP contribution in [-0.4, -0.2) is 26.6 Å². The lowest BCUT2D eigenvalue weighted by atomic mass is 10.1. The number of rotatable bonds is 5. The zero-order valence-electron chi connectivity index (χ0n) is 18.5. The van der Waals surface area contributed by atoms with Crippen LogP contribution < -0.4 is 11.1 Å². The van der Waals surface area contributed by atoms with Crippen LogP contribution in [0.25, 0.3) is 10.9 Å². The van der Waals surface area contributed by atoms with Gasteiger partial charge >= 0.3 is 6.18 Å². The minimum Gasteiger partial charge on any atom is -0.364 e. The molecule has 0 spiro atoms. The number of nitrogens with one attached hydrogen (secondary N) is 1. The SMILES string of the molecule is Cc1c(NC(=O)c2cc(C(N)=O)nc3cc(F)ccc23)c(C(F)(F)F)nn1Cc1cccc(C#N)c1. The number of nitrogens with zero attached hydrogens (tertiary/aromatic N) is 4. The van der Waals surface area contributed by atoms with Gasteiger partial charge < -0.3 is 11.1 Å². The van der Waals surface area contributed by atoms with Gasteiger partial charge in [0.1, 0.15) is 11.5 Å². The highest BCUT2D eigenvalue weighted by molar-refractivity contribution is 6.14. The predicted octanol–water partition coefficient (Wildman–Crippen LogP) is 4.17. The highest BCUT2D eigenvalue weighted by atomic mass is 19.4. The van der Waals surface area contributed by atoms with Crippen LogP contribution in [0.3, 0.4) is 0 Å². The molecule has 0 saturated heterocycles. The maximum Gasteiger partial charge on any atom is 0.437 e. The molecule has 12 heteroatoms. The Morgan fingerprint density at radius 1 is 1.17 bits per heavy atom. The number of pyridine rings is 1. The molecule has 0 aliphatic heterocycles. The van der Waals surface area contributed by atoms with Crippen LogP contribution in [0.2, 0.25) is 0 Å². The Balaban J connectivity index is 1.78. The van der Waals surface area contributed by atoms with E-state index in [0.717, 1.165) is 22.9 Å². The molecule has 182 valence electrons. The van der Waals surface area contributed by atoms with Crippen molar-refractivity contribution in [2.24, 2.45) is 5.73 Å². The van der Waals surface area contributed by atoms with Gasteiger partial charge in [-0.2, -0.15) is 23.5 Å². The van der Waals surface area contributed by atoms with Crippen molar-refractivity contribution in [3.63, 3.8) is 0 Å². The minimum absolute atomic E-state index is 0.00225. The van der Waals surface area contributed by atoms with E-state index in [-0.39, 0.29) is 34.4 Å². The molecule has 2 aromatic carbocycles. The second-order valence-corrected chi connectivity index (χ2v) is 7.81. The summed E-state index contributed by atoms with van der Waals surface area (Å²) < 4.78 is 56.3. The summed E-state index contributed by atoms with van der Waals surface area (Å²) >= 11 is 0. The summed E-state index contributed by atoms with van der Waals surface area (Å²) in [5.41, 5.74) is 3.53. The van der Waals surface area contributed by atoms with Gasteiger partial charge in [0.05, 0.1) is 40.6 Å². The van der Waals surface area contributed by atoms with Gasteiger partial charge in [-0.15, -0.1) is 0 Å². The molecule has 8 nitrogen and oxygen atoms in total. The van der Waals surface area contributed by atoms with Gasteiger partial charge in [-0.3, -0.25) is 14.3 Å². The number of anilines is 1. The normalized spacial score (nSPS) is 11.3. The monoisotopic (exact) mass is 496 g/mol. The maximum absolute atomic E-state index is 13.8. The molecular weight excluding hydrogens is 480 g/mol. The van der Waals surface area contributed by atoms with Crippen molar-refractivity contribution in [3.05, 3.63) is 88.1 Å². The van der Waals surface area contributed by atoms with Crippen molar-refractivity contribution in [3.8, 4) is 6.07 Å². The number of halogens is 4. The molecule has 0 aliphatic carbocycles. The van der Waals surface area contributed by atoms with Crippen molar-refractivity contribution in [1.82, 2.24) is 14.8 Å². The van der Waals surface area contributed by atoms with Gasteiger partial charge in [0, 0.05) is 11.5 Å². The fourth-order valence-electron chi connectivity index (χ4n) is 3.66. The predicted molar refractivity (Wildman–Crippen MR) is 120 cm³/mol. The topological polar surface area (TPSA) is 127 Å². The second-order valence-electron chi connectivity index (χ2n) is 7.81. The van der Waals surface area contributed by atoms with E-state index in [1.165, 1.54) is 19.1 Å². The number of primary amides is 1. The molecule has 0 atom stereocenters. The first-order valence-electron chi connectivity index (χ1n) is 10.3. The average molecular weight is 496 g/mol. The van der Waals surface area contributed by atoms with Crippen molar-refractivity contribution in [1.29, 1.82) is 5.26 Å². The van der Waals surface area contributed by atoms with Crippen molar-refractivity contribution in [2.45, 2.75) is 19.6 Å². The quantitative estimate of drug-likeness (QED) is 0.401. The fourth-order valence-corrected chi connectivity index (χ4v) is 3.66. The Bertz CT molecular complexity index is 1570. The summed E-state index contributed by atoms with van der Waals surface area (Å²) in [6, 6.07) is 12.5. The molecule has 0 saturated carbocycles. The van der Waals surface area contributed by atoms with E-state index in [1.54, 1.807) is 18.2 Å². The Morgan fingerprint density at radius 3 is 2.58 bits per heavy atom. The number of carbonyl (C=O) groups is 2. The Morgan fingerprint density at radius 2 is 1.92 bits per heavy atom. The average Bonchev–Trinajstić information content (AvgIpc) is 3.13. The van der Waals surface area contributed by atoms with Crippen molar-refractivity contribution < 1.29 is 27.2 Å². The third-order valence-corrected chi connectivity index (χ3v) is 5.37. The lowest BCUT2D eigenvalue weighted by molar-refractivity contribution is -0.140. The number of benzene rings is 2. The number of aromatic nitrogens is 3. The van der Waals surface area contributed by atoms with E-state index >= 15 is 0 Å². The second kappa shape index (κ2) is 9.10. The molecule has 2 amide bonds. The molecule has 0 radical (unpaired) electrons. The van der Waals surface area contributed by atoms with Gasteiger partial charge in [0.15, 0.2) is 5.69 Å². The Hall–Kier alpha value is -4.79. The number of nitriles is 1. The van der Waals surface area contributed by atoms with E-state index in [4.69, 9.17) is 11.0 Å². The Labute approximate surface area is 201 Å². The van der Waals surface area contributed by atoms with Crippen LogP contribution in [0.5, 0.6) is 0 Å². The largest absolute Gasteiger partial charge is 0.437 e. The van der Waals surface area contributed by atoms with Crippen LogP contribution in [-0.2, 0) is 12.7 Å². The highest BCUT2D eigenvalue weighted by Gasteiger charge is 2.39. The van der Waals surface area contributed by atoms with E-state index in [9.17, 15) is 27.2 Å². The standard InChI is InChI=1S/C24H16F4N6O2/c1-12-20(21(24(26,27)28)33-34(12)11-14-4-2-3-13(7-14)10-29)32-23(36)17-9-19(22(30)35)31-18-8-15(25)5-6-16(17)18/h2-9H,11H2,1H3,(H2,30,35)(H,32,36). The summed E-state index contributed by atoms with van der Waals surface area (Å²) in [6.07, 6.45) is -4.91. The van der Waals surface area contributed by atoms with Crippen LogP contribution in [0.4, 0.5) is 23.2 Å². The molecule has 0 fully saturated rings. The summed E-state index contributed by atoms with van der Waals surface area (Å²) in [4.78, 5) is 28.7. The fraction of sp³-hybridized carbons (Fsp3) is 0.125. The van der Waals surface area contributed by atoms with Gasteiger partial charge in [-0.1, -0.05) is 12.1 Å². The minimum atomic E-state index is -4.91. The van der Waals surface area contributed by atoms with Gasteiger partial charge in [-0.05, 0) is 42.8 Å². The molecule has 2 heterocycles. The summed E-state index contributed by atoms with van der Waals surface area (Å²) in [7, 11) is 0. The summed E-state index contributed by atoms with van der Waals surface area (Å²) in [5, 5.41) is 15.1. The number of hydrogen-bond acceptors (Lipinski definition) is 5. The summed E-state index contributed by atoms with van der Waals surface area (Å²) in [5.74, 6) is -2.70. The molecule has 4 aromatic rings. The third-order valence-electron chi connectivity index (χ3n) is 5.37. The number of amides is 2. The van der Waals surface area contributed by atoms with Crippen molar-refractivity contribution in [2.75, 3.05) is 5.32 Å². The number of hydrogen-bond donors (Lipinski definition) is 2. The number of carbonyl (C=O) groups excluding carboxylic acids is 2. The van der Waals surface area contributed by atoms with Crippen molar-refractivity contribution >= 4 is 28.4 Å². The lowest BCUT2D eigenvalue weighted by Crippen LogP contribution is -2.19. The first kappa shape index (κ1) is 24.3. The van der Waals surface area contributed by atoms with E-state index in [0.29, 0.717) is 11.1 Å². The number of nitrogens with two attached hydrogens (primary N) is 1. The Kier molecular flexibility index (Phi) is 6.15. The van der Waals surface area contributed by atoms with E-state index in [2.05, 4.69) is 15.4 Å². The molecule has 3 N–H and O–H groups in total. The van der Waals surface area contributed by atoms with E-state index < -0.39 is 35.2 Å². The lowest BCUT2D eigenvalue weighted by Gasteiger charge is -2.12. The molecule has 0 bridgehead atoms. The number of fused-ring (bicyclic) bond motifs is 1. The summed E-state index contributed by atoms with van der Waals surface area (Å²) in [6.45, 7) is 1.25. The zero-order chi connectivity index (χ0) is 26.2. The zero-order valence-corrected chi connectivity index (χ0v) is 18.5. The molecule has 4 rings (SSSR count). The van der Waals surface area contributed by atoms with Crippen LogP contribution >= 0.6 is 0 Å². The van der Waals surface area contributed by atoms with Gasteiger partial charge in [-0.25, -0.2) is 9.37 Å².